The van der Waals surface area contributed by atoms with E-state index in [4.69, 9.17) is 9.47 Å². The first-order valence-corrected chi connectivity index (χ1v) is 7.64. The van der Waals surface area contributed by atoms with Gasteiger partial charge in [0, 0.05) is 29.6 Å². The van der Waals surface area contributed by atoms with Crippen LogP contribution < -0.4 is 9.47 Å². The third-order valence-electron chi connectivity index (χ3n) is 3.56. The molecule has 0 saturated carbocycles. The molecule has 3 rings (SSSR count). The van der Waals surface area contributed by atoms with Crippen LogP contribution in [-0.4, -0.2) is 32.9 Å². The Kier molecular flexibility index (Phi) is 4.65. The number of benzene rings is 1. The largest absolute Gasteiger partial charge is 0.497 e. The first-order valence-electron chi connectivity index (χ1n) is 7.64. The van der Waals surface area contributed by atoms with Gasteiger partial charge in [-0.25, -0.2) is 9.67 Å². The monoisotopic (exact) mass is 338 g/mol. The fraction of sp³-hybridized carbons (Fsp3) is 0.167. The van der Waals surface area contributed by atoms with Crippen LogP contribution in [0.15, 0.2) is 53.8 Å². The van der Waals surface area contributed by atoms with Crippen LogP contribution in [0, 0.1) is 13.8 Å². The number of methoxy groups -OCH3 is 1. The molecule has 0 radical (unpaired) electrons. The van der Waals surface area contributed by atoms with Crippen molar-refractivity contribution in [2.75, 3.05) is 7.11 Å². The highest BCUT2D eigenvalue weighted by atomic mass is 16.5. The molecular weight excluding hydrogens is 320 g/mol. The van der Waals surface area contributed by atoms with Crippen LogP contribution in [0.3, 0.4) is 0 Å². The van der Waals surface area contributed by atoms with Crippen molar-refractivity contribution in [1.82, 2.24) is 14.8 Å². The van der Waals surface area contributed by atoms with Gasteiger partial charge in [0.25, 0.3) is 0 Å². The van der Waals surface area contributed by atoms with Gasteiger partial charge < -0.3 is 14.7 Å². The quantitative estimate of drug-likeness (QED) is 0.341. The lowest BCUT2D eigenvalue weighted by molar-refractivity contribution is 0.316. The second-order valence-electron chi connectivity index (χ2n) is 5.43. The molecule has 0 amide bonds. The molecule has 128 valence electrons. The van der Waals surface area contributed by atoms with Crippen molar-refractivity contribution in [3.63, 3.8) is 0 Å². The summed E-state index contributed by atoms with van der Waals surface area (Å²) in [7, 11) is 1.60. The van der Waals surface area contributed by atoms with Crippen molar-refractivity contribution >= 4 is 5.84 Å². The number of pyridine rings is 1. The van der Waals surface area contributed by atoms with E-state index in [1.807, 2.05) is 38.1 Å². The number of aromatic nitrogens is 3. The molecule has 0 atom stereocenters. The molecule has 0 fully saturated rings. The van der Waals surface area contributed by atoms with Crippen molar-refractivity contribution in [3.05, 3.63) is 65.6 Å². The van der Waals surface area contributed by atoms with Gasteiger partial charge in [0.15, 0.2) is 0 Å². The van der Waals surface area contributed by atoms with Gasteiger partial charge >= 0.3 is 0 Å². The molecule has 1 N–H and O–H groups in total. The molecule has 0 unspecified atom stereocenters. The molecule has 0 bridgehead atoms. The predicted octanol–water partition coefficient (Wildman–Crippen LogP) is 3.38. The predicted molar refractivity (Wildman–Crippen MR) is 92.7 cm³/mol. The topological polar surface area (TPSA) is 81.8 Å². The summed E-state index contributed by atoms with van der Waals surface area (Å²) in [5.41, 5.74) is 2.32. The molecule has 7 nitrogen and oxygen atoms in total. The summed E-state index contributed by atoms with van der Waals surface area (Å²) in [5, 5.41) is 17.1. The lowest BCUT2D eigenvalue weighted by Gasteiger charge is -2.09. The number of nitrogens with zero attached hydrogens (tertiary/aromatic N) is 4. The Labute approximate surface area is 145 Å². The first-order chi connectivity index (χ1) is 12.1. The zero-order valence-corrected chi connectivity index (χ0v) is 14.2. The second kappa shape index (κ2) is 7.04. The summed E-state index contributed by atoms with van der Waals surface area (Å²) in [5.74, 6) is 2.04. The van der Waals surface area contributed by atoms with Crippen LogP contribution in [-0.2, 0) is 0 Å². The minimum Gasteiger partial charge on any atom is -0.497 e. The molecular formula is C18H18N4O3. The molecule has 7 heteroatoms. The van der Waals surface area contributed by atoms with Gasteiger partial charge in [-0.1, -0.05) is 11.2 Å². The number of ether oxygens (including phenoxy) is 2. The Morgan fingerprint density at radius 2 is 1.92 bits per heavy atom. The van der Waals surface area contributed by atoms with Crippen LogP contribution in [0.5, 0.6) is 17.4 Å². The highest BCUT2D eigenvalue weighted by molar-refractivity contribution is 5.99. The Hall–Kier alpha value is -3.35. The van der Waals surface area contributed by atoms with E-state index in [1.54, 1.807) is 36.2 Å². The third-order valence-corrected chi connectivity index (χ3v) is 3.56. The maximum atomic E-state index is 9.38. The van der Waals surface area contributed by atoms with E-state index in [-0.39, 0.29) is 0 Å². The Morgan fingerprint density at radius 1 is 1.12 bits per heavy atom. The molecule has 0 saturated heterocycles. The highest BCUT2D eigenvalue weighted by Gasteiger charge is 2.12. The van der Waals surface area contributed by atoms with Crippen molar-refractivity contribution < 1.29 is 14.7 Å². The van der Waals surface area contributed by atoms with Gasteiger partial charge in [-0.3, -0.25) is 0 Å². The summed E-state index contributed by atoms with van der Waals surface area (Å²) < 4.78 is 12.4. The lowest BCUT2D eigenvalue weighted by atomic mass is 10.2. The van der Waals surface area contributed by atoms with E-state index in [9.17, 15) is 5.21 Å². The summed E-state index contributed by atoms with van der Waals surface area (Å²) in [6.07, 6.45) is 1.57. The Bertz CT molecular complexity index is 901. The van der Waals surface area contributed by atoms with Crippen LogP contribution >= 0.6 is 0 Å². The molecule has 3 aromatic rings. The SMILES string of the molecule is COc1cccc(Oc2ccc(/C(=N/O)n3nc(C)cc3C)cn2)c1. The second-order valence-corrected chi connectivity index (χ2v) is 5.43. The van der Waals surface area contributed by atoms with Gasteiger partial charge in [-0.05, 0) is 38.1 Å². The van der Waals surface area contributed by atoms with Gasteiger partial charge in [-0.2, -0.15) is 5.10 Å². The van der Waals surface area contributed by atoms with Crippen LogP contribution in [0.25, 0.3) is 0 Å². The molecule has 1 aromatic carbocycles. The fourth-order valence-electron chi connectivity index (χ4n) is 2.42. The van der Waals surface area contributed by atoms with E-state index in [0.717, 1.165) is 11.4 Å². The van der Waals surface area contributed by atoms with Gasteiger partial charge in [0.2, 0.25) is 11.7 Å². The summed E-state index contributed by atoms with van der Waals surface area (Å²) >= 11 is 0. The average molecular weight is 338 g/mol. The normalized spacial score (nSPS) is 11.4. The van der Waals surface area contributed by atoms with Crippen LogP contribution in [0.1, 0.15) is 17.0 Å². The minimum atomic E-state index is 0.297. The third kappa shape index (κ3) is 3.60. The van der Waals surface area contributed by atoms with E-state index < -0.39 is 0 Å². The van der Waals surface area contributed by atoms with Crippen LogP contribution in [0.4, 0.5) is 0 Å². The standard InChI is InChI=1S/C18H18N4O3/c1-12-9-13(2)22(20-12)18(21-23)14-7-8-17(19-11-14)25-16-6-4-5-15(10-16)24-3/h4-11,23H,1-3H3/b21-18-. The minimum absolute atomic E-state index is 0.297. The summed E-state index contributed by atoms with van der Waals surface area (Å²) in [4.78, 5) is 4.26. The molecule has 2 heterocycles. The van der Waals surface area contributed by atoms with E-state index in [2.05, 4.69) is 15.2 Å². The molecule has 0 aliphatic rings. The maximum absolute atomic E-state index is 9.38. The van der Waals surface area contributed by atoms with Crippen LogP contribution in [0.2, 0.25) is 0 Å². The zero-order chi connectivity index (χ0) is 17.8. The molecule has 0 aliphatic carbocycles. The molecule has 25 heavy (non-hydrogen) atoms. The average Bonchev–Trinajstić information content (AvgIpc) is 2.95. The number of oxime groups is 1. The number of hydrogen-bond acceptors (Lipinski definition) is 6. The number of rotatable bonds is 4. The summed E-state index contributed by atoms with van der Waals surface area (Å²) in [6.45, 7) is 3.76. The van der Waals surface area contributed by atoms with Gasteiger partial charge in [0.05, 0.1) is 12.8 Å². The van der Waals surface area contributed by atoms with Crippen molar-refractivity contribution in [2.24, 2.45) is 5.16 Å². The fourth-order valence-corrected chi connectivity index (χ4v) is 2.42. The Morgan fingerprint density at radius 3 is 2.52 bits per heavy atom. The van der Waals surface area contributed by atoms with Crippen molar-refractivity contribution in [2.45, 2.75) is 13.8 Å². The van der Waals surface area contributed by atoms with E-state index in [0.29, 0.717) is 28.8 Å². The number of aryl methyl sites for hydroxylation is 2. The summed E-state index contributed by atoms with van der Waals surface area (Å²) in [6, 6.07) is 12.6. The van der Waals surface area contributed by atoms with E-state index >= 15 is 0 Å². The lowest BCUT2D eigenvalue weighted by Crippen LogP contribution is -2.17. The van der Waals surface area contributed by atoms with Crippen molar-refractivity contribution in [1.29, 1.82) is 0 Å². The number of hydrogen-bond donors (Lipinski definition) is 1. The Balaban J connectivity index is 1.82. The molecule has 2 aromatic heterocycles. The van der Waals surface area contributed by atoms with Crippen molar-refractivity contribution in [3.8, 4) is 17.4 Å². The first kappa shape index (κ1) is 16.5. The van der Waals surface area contributed by atoms with E-state index in [1.165, 1.54) is 0 Å². The maximum Gasteiger partial charge on any atom is 0.219 e. The molecule has 0 aliphatic heterocycles. The molecule has 0 spiro atoms. The van der Waals surface area contributed by atoms with Gasteiger partial charge in [-0.15, -0.1) is 0 Å². The highest BCUT2D eigenvalue weighted by Crippen LogP contribution is 2.24. The smallest absolute Gasteiger partial charge is 0.219 e. The zero-order valence-electron chi connectivity index (χ0n) is 14.2. The van der Waals surface area contributed by atoms with Gasteiger partial charge in [0.1, 0.15) is 11.5 Å².